The molecule has 0 saturated heterocycles. The quantitative estimate of drug-likeness (QED) is 0.785. The normalized spacial score (nSPS) is 12.0. The van der Waals surface area contributed by atoms with Crippen LogP contribution in [0.1, 0.15) is 48.5 Å². The van der Waals surface area contributed by atoms with Crippen molar-refractivity contribution in [2.75, 3.05) is 19.7 Å². The summed E-state index contributed by atoms with van der Waals surface area (Å²) < 4.78 is 15.7. The lowest BCUT2D eigenvalue weighted by molar-refractivity contribution is 0.0319. The maximum Gasteiger partial charge on any atom is 0.407 e. The average molecular weight is 318 g/mol. The number of hydrogen-bond donors (Lipinski definition) is 2. The SMILES string of the molecule is CCOC(CNC(=O)OC(C)(C)C)CNC(=O)OC(C)(C)C. The summed E-state index contributed by atoms with van der Waals surface area (Å²) in [6, 6.07) is 0. The van der Waals surface area contributed by atoms with Gasteiger partial charge in [0, 0.05) is 19.7 Å². The summed E-state index contributed by atoms with van der Waals surface area (Å²) in [4.78, 5) is 23.2. The topological polar surface area (TPSA) is 85.9 Å². The van der Waals surface area contributed by atoms with E-state index in [1.54, 1.807) is 41.5 Å². The summed E-state index contributed by atoms with van der Waals surface area (Å²) >= 11 is 0. The fourth-order valence-electron chi connectivity index (χ4n) is 1.45. The zero-order chi connectivity index (χ0) is 17.4. The van der Waals surface area contributed by atoms with Crippen LogP contribution in [0.15, 0.2) is 0 Å². The standard InChI is InChI=1S/C15H30N2O5/c1-8-20-11(9-16-12(18)21-14(2,3)4)10-17-13(19)22-15(5,6)7/h11H,8-10H2,1-7H3,(H,16,18)(H,17,19). The molecule has 0 spiro atoms. The number of ether oxygens (including phenoxy) is 3. The van der Waals surface area contributed by atoms with Gasteiger partial charge in [0.05, 0.1) is 6.10 Å². The van der Waals surface area contributed by atoms with E-state index in [1.807, 2.05) is 6.92 Å². The van der Waals surface area contributed by atoms with E-state index < -0.39 is 23.4 Å². The van der Waals surface area contributed by atoms with Crippen LogP contribution >= 0.6 is 0 Å². The molecule has 22 heavy (non-hydrogen) atoms. The second-order valence-corrected chi connectivity index (χ2v) is 6.84. The van der Waals surface area contributed by atoms with Crippen LogP contribution in [0.2, 0.25) is 0 Å². The highest BCUT2D eigenvalue weighted by atomic mass is 16.6. The van der Waals surface area contributed by atoms with Crippen LogP contribution < -0.4 is 10.6 Å². The Bertz CT molecular complexity index is 326. The first-order valence-corrected chi connectivity index (χ1v) is 7.48. The van der Waals surface area contributed by atoms with Gasteiger partial charge in [-0.05, 0) is 48.5 Å². The lowest BCUT2D eigenvalue weighted by atomic mass is 10.2. The van der Waals surface area contributed by atoms with E-state index in [0.717, 1.165) is 0 Å². The van der Waals surface area contributed by atoms with Gasteiger partial charge in [-0.3, -0.25) is 0 Å². The van der Waals surface area contributed by atoms with Gasteiger partial charge in [-0.25, -0.2) is 9.59 Å². The number of alkyl carbamates (subject to hydrolysis) is 2. The zero-order valence-corrected chi connectivity index (χ0v) is 14.7. The number of hydrogen-bond acceptors (Lipinski definition) is 5. The monoisotopic (exact) mass is 318 g/mol. The molecule has 0 aliphatic rings. The Morgan fingerprint density at radius 1 is 0.864 bits per heavy atom. The predicted octanol–water partition coefficient (Wildman–Crippen LogP) is 2.44. The van der Waals surface area contributed by atoms with Crippen molar-refractivity contribution in [3.05, 3.63) is 0 Å². The van der Waals surface area contributed by atoms with Crippen molar-refractivity contribution < 1.29 is 23.8 Å². The second kappa shape index (κ2) is 8.82. The smallest absolute Gasteiger partial charge is 0.407 e. The Kier molecular flexibility index (Phi) is 8.22. The molecule has 2 N–H and O–H groups in total. The summed E-state index contributed by atoms with van der Waals surface area (Å²) in [7, 11) is 0. The van der Waals surface area contributed by atoms with Crippen molar-refractivity contribution in [2.45, 2.75) is 65.8 Å². The highest BCUT2D eigenvalue weighted by molar-refractivity contribution is 5.68. The molecule has 0 fully saturated rings. The number of rotatable bonds is 6. The molecule has 0 aromatic carbocycles. The third-order valence-corrected chi connectivity index (χ3v) is 2.15. The van der Waals surface area contributed by atoms with Crippen LogP contribution in [0.25, 0.3) is 0 Å². The molecule has 2 amide bonds. The van der Waals surface area contributed by atoms with Gasteiger partial charge in [0.15, 0.2) is 0 Å². The molecule has 130 valence electrons. The van der Waals surface area contributed by atoms with E-state index in [-0.39, 0.29) is 19.2 Å². The minimum atomic E-state index is -0.556. The number of carbonyl (C=O) groups excluding carboxylic acids is 2. The van der Waals surface area contributed by atoms with Crippen LogP contribution in [0.5, 0.6) is 0 Å². The Hall–Kier alpha value is -1.50. The van der Waals surface area contributed by atoms with Crippen LogP contribution in [0, 0.1) is 0 Å². The maximum absolute atomic E-state index is 11.6. The minimum absolute atomic E-state index is 0.235. The molecule has 0 aliphatic heterocycles. The lowest BCUT2D eigenvalue weighted by Crippen LogP contribution is -2.44. The average Bonchev–Trinajstić information content (AvgIpc) is 2.28. The molecule has 0 saturated carbocycles. The largest absolute Gasteiger partial charge is 0.444 e. The first kappa shape index (κ1) is 20.5. The number of carbonyl (C=O) groups is 2. The van der Waals surface area contributed by atoms with E-state index in [9.17, 15) is 9.59 Å². The molecular formula is C15H30N2O5. The van der Waals surface area contributed by atoms with Crippen LogP contribution in [-0.2, 0) is 14.2 Å². The third kappa shape index (κ3) is 12.3. The Morgan fingerprint density at radius 2 is 1.23 bits per heavy atom. The van der Waals surface area contributed by atoms with Crippen LogP contribution in [0.3, 0.4) is 0 Å². The summed E-state index contributed by atoms with van der Waals surface area (Å²) in [5.41, 5.74) is -1.11. The molecule has 7 nitrogen and oxygen atoms in total. The van der Waals surface area contributed by atoms with E-state index in [1.165, 1.54) is 0 Å². The Morgan fingerprint density at radius 3 is 1.50 bits per heavy atom. The van der Waals surface area contributed by atoms with Crippen molar-refractivity contribution in [3.63, 3.8) is 0 Å². The van der Waals surface area contributed by atoms with Gasteiger partial charge in [0.2, 0.25) is 0 Å². The number of amides is 2. The van der Waals surface area contributed by atoms with Gasteiger partial charge in [0.1, 0.15) is 11.2 Å². The minimum Gasteiger partial charge on any atom is -0.444 e. The Labute approximate surface area is 133 Å². The fraction of sp³-hybridized carbons (Fsp3) is 0.867. The van der Waals surface area contributed by atoms with Gasteiger partial charge in [-0.1, -0.05) is 0 Å². The summed E-state index contributed by atoms with van der Waals surface area (Å²) in [5.74, 6) is 0. The lowest BCUT2D eigenvalue weighted by Gasteiger charge is -2.23. The molecule has 0 unspecified atom stereocenters. The molecule has 0 aliphatic carbocycles. The molecule has 7 heteroatoms. The molecular weight excluding hydrogens is 288 g/mol. The third-order valence-electron chi connectivity index (χ3n) is 2.15. The van der Waals surface area contributed by atoms with E-state index in [0.29, 0.717) is 6.61 Å². The summed E-state index contributed by atoms with van der Waals surface area (Å²) in [5, 5.41) is 5.24. The van der Waals surface area contributed by atoms with Crippen molar-refractivity contribution in [2.24, 2.45) is 0 Å². The van der Waals surface area contributed by atoms with Gasteiger partial charge in [-0.2, -0.15) is 0 Å². The Balaban J connectivity index is 4.21. The molecule has 0 atom stereocenters. The molecule has 0 bridgehead atoms. The second-order valence-electron chi connectivity index (χ2n) is 6.84. The highest BCUT2D eigenvalue weighted by Gasteiger charge is 2.20. The summed E-state index contributed by atoms with van der Waals surface area (Å²) in [6.45, 7) is 13.5. The highest BCUT2D eigenvalue weighted by Crippen LogP contribution is 2.07. The summed E-state index contributed by atoms with van der Waals surface area (Å²) in [6.07, 6.45) is -1.39. The van der Waals surface area contributed by atoms with Crippen molar-refractivity contribution in [1.29, 1.82) is 0 Å². The van der Waals surface area contributed by atoms with Gasteiger partial charge in [-0.15, -0.1) is 0 Å². The van der Waals surface area contributed by atoms with Crippen LogP contribution in [-0.4, -0.2) is 49.2 Å². The van der Waals surface area contributed by atoms with Crippen molar-refractivity contribution in [3.8, 4) is 0 Å². The fourth-order valence-corrected chi connectivity index (χ4v) is 1.45. The number of nitrogens with one attached hydrogen (secondary N) is 2. The molecule has 0 rings (SSSR count). The zero-order valence-electron chi connectivity index (χ0n) is 14.7. The van der Waals surface area contributed by atoms with E-state index in [4.69, 9.17) is 14.2 Å². The molecule has 0 heterocycles. The molecule has 0 radical (unpaired) electrons. The van der Waals surface area contributed by atoms with Gasteiger partial charge >= 0.3 is 12.2 Å². The van der Waals surface area contributed by atoms with Crippen molar-refractivity contribution in [1.82, 2.24) is 10.6 Å². The maximum atomic E-state index is 11.6. The molecule has 0 aromatic heterocycles. The predicted molar refractivity (Wildman–Crippen MR) is 83.9 cm³/mol. The van der Waals surface area contributed by atoms with Crippen LogP contribution in [0.4, 0.5) is 9.59 Å². The molecule has 0 aromatic rings. The van der Waals surface area contributed by atoms with Crippen molar-refractivity contribution >= 4 is 12.2 Å². The van der Waals surface area contributed by atoms with E-state index in [2.05, 4.69) is 10.6 Å². The first-order chi connectivity index (χ1) is 9.93. The first-order valence-electron chi connectivity index (χ1n) is 7.48. The van der Waals surface area contributed by atoms with Gasteiger partial charge < -0.3 is 24.8 Å². The van der Waals surface area contributed by atoms with E-state index >= 15 is 0 Å². The van der Waals surface area contributed by atoms with Gasteiger partial charge in [0.25, 0.3) is 0 Å².